The number of phenols is 1. The van der Waals surface area contributed by atoms with Crippen LogP contribution in [0.5, 0.6) is 5.75 Å². The van der Waals surface area contributed by atoms with E-state index in [1.165, 1.54) is 6.92 Å². The third-order valence-corrected chi connectivity index (χ3v) is 2.94. The van der Waals surface area contributed by atoms with E-state index >= 15 is 0 Å². The Morgan fingerprint density at radius 1 is 1.30 bits per heavy atom. The zero-order valence-corrected chi connectivity index (χ0v) is 12.3. The predicted molar refractivity (Wildman–Crippen MR) is 75.5 cm³/mol. The lowest BCUT2D eigenvalue weighted by atomic mass is 10.00. The number of aromatic hydroxyl groups is 1. The highest BCUT2D eigenvalue weighted by atomic mass is 16.5. The molecule has 1 atom stereocenters. The summed E-state index contributed by atoms with van der Waals surface area (Å²) in [6.07, 6.45) is 0.334. The summed E-state index contributed by atoms with van der Waals surface area (Å²) in [7, 11) is 0. The topological polar surface area (TPSA) is 75.6 Å². The van der Waals surface area contributed by atoms with Gasteiger partial charge < -0.3 is 15.2 Å². The van der Waals surface area contributed by atoms with Crippen LogP contribution in [0.3, 0.4) is 0 Å². The number of ether oxygens (including phenoxy) is 1. The van der Waals surface area contributed by atoms with E-state index in [0.717, 1.165) is 16.7 Å². The van der Waals surface area contributed by atoms with Gasteiger partial charge in [0.1, 0.15) is 11.8 Å². The molecule has 110 valence electrons. The fraction of sp³-hybridized carbons (Fsp3) is 0.467. The van der Waals surface area contributed by atoms with Crippen molar-refractivity contribution in [3.05, 3.63) is 28.8 Å². The monoisotopic (exact) mass is 279 g/mol. The Kier molecular flexibility index (Phi) is 5.55. The predicted octanol–water partition coefficient (Wildman–Crippen LogP) is 1.62. The molecule has 0 unspecified atom stereocenters. The van der Waals surface area contributed by atoms with Crippen LogP contribution < -0.4 is 5.32 Å². The standard InChI is InChI=1S/C15H21NO4/c1-5-20-15(19)13(16-11(4)17)8-12-6-9(2)14(18)10(3)7-12/h6-7,13,18H,5,8H2,1-4H3,(H,16,17)/t13-/m1/s1. The molecule has 1 amide bonds. The van der Waals surface area contributed by atoms with Gasteiger partial charge in [-0.25, -0.2) is 4.79 Å². The molecule has 0 bridgehead atoms. The first-order valence-corrected chi connectivity index (χ1v) is 6.58. The van der Waals surface area contributed by atoms with E-state index in [9.17, 15) is 14.7 Å². The van der Waals surface area contributed by atoms with Crippen molar-refractivity contribution >= 4 is 11.9 Å². The molecule has 5 heteroatoms. The number of hydrogen-bond acceptors (Lipinski definition) is 4. The van der Waals surface area contributed by atoms with Crippen LogP contribution in [0.1, 0.15) is 30.5 Å². The van der Waals surface area contributed by atoms with E-state index in [1.807, 2.05) is 0 Å². The molecule has 0 aliphatic rings. The maximum atomic E-state index is 11.8. The molecule has 0 radical (unpaired) electrons. The highest BCUT2D eigenvalue weighted by molar-refractivity contribution is 5.83. The van der Waals surface area contributed by atoms with Crippen molar-refractivity contribution in [1.82, 2.24) is 5.32 Å². The second kappa shape index (κ2) is 6.93. The molecule has 0 aromatic heterocycles. The van der Waals surface area contributed by atoms with E-state index < -0.39 is 12.0 Å². The van der Waals surface area contributed by atoms with Crippen LogP contribution in [0, 0.1) is 13.8 Å². The lowest BCUT2D eigenvalue weighted by Gasteiger charge is -2.17. The maximum Gasteiger partial charge on any atom is 0.328 e. The van der Waals surface area contributed by atoms with Crippen molar-refractivity contribution in [2.24, 2.45) is 0 Å². The van der Waals surface area contributed by atoms with Gasteiger partial charge in [-0.2, -0.15) is 0 Å². The van der Waals surface area contributed by atoms with Crippen LogP contribution in [-0.4, -0.2) is 29.6 Å². The van der Waals surface area contributed by atoms with Crippen LogP contribution in [0.2, 0.25) is 0 Å². The average Bonchev–Trinajstić information content (AvgIpc) is 2.34. The number of hydrogen-bond donors (Lipinski definition) is 2. The second-order valence-electron chi connectivity index (χ2n) is 4.79. The largest absolute Gasteiger partial charge is 0.507 e. The second-order valence-corrected chi connectivity index (χ2v) is 4.79. The first kappa shape index (κ1) is 16.0. The number of benzene rings is 1. The van der Waals surface area contributed by atoms with Crippen LogP contribution in [0.15, 0.2) is 12.1 Å². The molecule has 0 spiro atoms. The molecular weight excluding hydrogens is 258 g/mol. The van der Waals surface area contributed by atoms with Crippen LogP contribution in [-0.2, 0) is 20.7 Å². The fourth-order valence-corrected chi connectivity index (χ4v) is 2.08. The van der Waals surface area contributed by atoms with Crippen LogP contribution >= 0.6 is 0 Å². The van der Waals surface area contributed by atoms with Crippen molar-refractivity contribution in [2.45, 2.75) is 40.2 Å². The molecular formula is C15H21NO4. The summed E-state index contributed by atoms with van der Waals surface area (Å²) in [6.45, 7) is 6.94. The SMILES string of the molecule is CCOC(=O)[C@@H](Cc1cc(C)c(O)c(C)c1)NC(C)=O. The van der Waals surface area contributed by atoms with Gasteiger partial charge in [-0.3, -0.25) is 4.79 Å². The Bertz CT molecular complexity index is 488. The van der Waals surface area contributed by atoms with E-state index in [4.69, 9.17) is 4.74 Å². The summed E-state index contributed by atoms with van der Waals surface area (Å²) >= 11 is 0. The molecule has 0 aliphatic heterocycles. The summed E-state index contributed by atoms with van der Waals surface area (Å²) in [5.74, 6) is -0.484. The lowest BCUT2D eigenvalue weighted by Crippen LogP contribution is -2.42. The zero-order valence-electron chi connectivity index (χ0n) is 12.3. The van der Waals surface area contributed by atoms with Gasteiger partial charge in [0.2, 0.25) is 5.91 Å². The Labute approximate surface area is 118 Å². The average molecular weight is 279 g/mol. The zero-order chi connectivity index (χ0) is 15.3. The number of phenolic OH excluding ortho intramolecular Hbond substituents is 1. The van der Waals surface area contributed by atoms with E-state index in [-0.39, 0.29) is 18.3 Å². The molecule has 1 aromatic rings. The van der Waals surface area contributed by atoms with Gasteiger partial charge in [0.25, 0.3) is 0 Å². The minimum Gasteiger partial charge on any atom is -0.507 e. The highest BCUT2D eigenvalue weighted by Crippen LogP contribution is 2.23. The summed E-state index contributed by atoms with van der Waals surface area (Å²) in [5, 5.41) is 12.3. The van der Waals surface area contributed by atoms with Crippen molar-refractivity contribution in [1.29, 1.82) is 0 Å². The number of aryl methyl sites for hydroxylation is 2. The molecule has 1 rings (SSSR count). The summed E-state index contributed by atoms with van der Waals surface area (Å²) in [5.41, 5.74) is 2.35. The Balaban J connectivity index is 2.94. The summed E-state index contributed by atoms with van der Waals surface area (Å²) in [6, 6.07) is 2.89. The number of amides is 1. The van der Waals surface area contributed by atoms with Gasteiger partial charge >= 0.3 is 5.97 Å². The molecule has 2 N–H and O–H groups in total. The van der Waals surface area contributed by atoms with Gasteiger partial charge in [0.05, 0.1) is 6.61 Å². The molecule has 0 saturated carbocycles. The van der Waals surface area contributed by atoms with Crippen molar-refractivity contribution in [3.8, 4) is 5.75 Å². The van der Waals surface area contributed by atoms with E-state index in [2.05, 4.69) is 5.32 Å². The van der Waals surface area contributed by atoms with Gasteiger partial charge in [0, 0.05) is 13.3 Å². The van der Waals surface area contributed by atoms with Crippen molar-refractivity contribution < 1.29 is 19.4 Å². The van der Waals surface area contributed by atoms with E-state index in [1.54, 1.807) is 32.9 Å². The van der Waals surface area contributed by atoms with Gasteiger partial charge in [0.15, 0.2) is 0 Å². The molecule has 20 heavy (non-hydrogen) atoms. The number of carbonyl (C=O) groups excluding carboxylic acids is 2. The minimum absolute atomic E-state index is 0.251. The normalized spacial score (nSPS) is 11.8. The molecule has 0 aliphatic carbocycles. The number of esters is 1. The molecule has 5 nitrogen and oxygen atoms in total. The molecule has 0 saturated heterocycles. The van der Waals surface area contributed by atoms with Crippen LogP contribution in [0.4, 0.5) is 0 Å². The molecule has 0 fully saturated rings. The maximum absolute atomic E-state index is 11.8. The Morgan fingerprint density at radius 3 is 2.30 bits per heavy atom. The summed E-state index contributed by atoms with van der Waals surface area (Å²) < 4.78 is 4.96. The summed E-state index contributed by atoms with van der Waals surface area (Å²) in [4.78, 5) is 23.0. The number of carbonyl (C=O) groups is 2. The van der Waals surface area contributed by atoms with Gasteiger partial charge in [-0.15, -0.1) is 0 Å². The van der Waals surface area contributed by atoms with Crippen LogP contribution in [0.25, 0.3) is 0 Å². The smallest absolute Gasteiger partial charge is 0.328 e. The third kappa shape index (κ3) is 4.26. The van der Waals surface area contributed by atoms with Crippen molar-refractivity contribution in [2.75, 3.05) is 6.61 Å². The molecule has 0 heterocycles. The first-order valence-electron chi connectivity index (χ1n) is 6.58. The third-order valence-electron chi connectivity index (χ3n) is 2.94. The van der Waals surface area contributed by atoms with E-state index in [0.29, 0.717) is 6.42 Å². The minimum atomic E-state index is -0.712. The Hall–Kier alpha value is -2.04. The quantitative estimate of drug-likeness (QED) is 0.803. The van der Waals surface area contributed by atoms with Gasteiger partial charge in [-0.1, -0.05) is 12.1 Å². The number of nitrogens with one attached hydrogen (secondary N) is 1. The lowest BCUT2D eigenvalue weighted by molar-refractivity contribution is -0.147. The van der Waals surface area contributed by atoms with Crippen molar-refractivity contribution in [3.63, 3.8) is 0 Å². The first-order chi connectivity index (χ1) is 9.35. The van der Waals surface area contributed by atoms with Gasteiger partial charge in [-0.05, 0) is 37.5 Å². The number of rotatable bonds is 5. The molecule has 1 aromatic carbocycles. The Morgan fingerprint density at radius 2 is 1.85 bits per heavy atom. The fourth-order valence-electron chi connectivity index (χ4n) is 2.08. The highest BCUT2D eigenvalue weighted by Gasteiger charge is 2.21.